The van der Waals surface area contributed by atoms with Crippen LogP contribution in [0.25, 0.3) is 11.3 Å². The Bertz CT molecular complexity index is 1250. The van der Waals surface area contributed by atoms with Gasteiger partial charge in [0.2, 0.25) is 0 Å². The number of carbonyl (C=O) groups excluding carboxylic acids is 1. The maximum absolute atomic E-state index is 13.1. The fraction of sp³-hybridized carbons (Fsp3) is 0.400. The zero-order valence-electron chi connectivity index (χ0n) is 22.8. The zero-order chi connectivity index (χ0) is 28.4. The lowest BCUT2D eigenvalue weighted by Crippen LogP contribution is -2.21. The van der Waals surface area contributed by atoms with E-state index in [-0.39, 0.29) is 6.61 Å². The Morgan fingerprint density at radius 2 is 1.82 bits per heavy atom. The monoisotopic (exact) mass is 544 g/mol. The van der Waals surface area contributed by atoms with Gasteiger partial charge >= 0.3 is 12.1 Å². The lowest BCUT2D eigenvalue weighted by Gasteiger charge is -2.22. The van der Waals surface area contributed by atoms with Crippen molar-refractivity contribution in [1.29, 1.82) is 0 Å². The molecule has 2 aromatic carbocycles. The SMILES string of the molecule is CCOC(=O)COc1ccc(N(C)CCc2ccc(-c3cccc(C(F)(F)F)c3)nc2C)cc1CCCOC. The third-order valence-electron chi connectivity index (χ3n) is 6.33. The average molecular weight is 545 g/mol. The van der Waals surface area contributed by atoms with Gasteiger partial charge in [-0.3, -0.25) is 4.98 Å². The number of aromatic nitrogens is 1. The van der Waals surface area contributed by atoms with Crippen LogP contribution in [0.4, 0.5) is 18.9 Å². The Morgan fingerprint density at radius 3 is 2.51 bits per heavy atom. The van der Waals surface area contributed by atoms with Crippen molar-refractivity contribution in [2.75, 3.05) is 45.4 Å². The number of methoxy groups -OCH3 is 1. The molecule has 0 spiro atoms. The third kappa shape index (κ3) is 8.71. The number of nitrogens with zero attached hydrogens (tertiary/aromatic N) is 2. The van der Waals surface area contributed by atoms with E-state index in [1.165, 1.54) is 6.07 Å². The quantitative estimate of drug-likeness (QED) is 0.187. The van der Waals surface area contributed by atoms with Crippen LogP contribution in [0.15, 0.2) is 54.6 Å². The van der Waals surface area contributed by atoms with Crippen LogP contribution in [0, 0.1) is 6.92 Å². The van der Waals surface area contributed by atoms with Gasteiger partial charge in [0.05, 0.1) is 17.9 Å². The molecule has 210 valence electrons. The number of rotatable bonds is 13. The van der Waals surface area contributed by atoms with E-state index in [1.807, 2.05) is 32.2 Å². The maximum Gasteiger partial charge on any atom is 0.416 e. The van der Waals surface area contributed by atoms with Gasteiger partial charge in [-0.05, 0) is 80.6 Å². The summed E-state index contributed by atoms with van der Waals surface area (Å²) in [6.07, 6.45) is -2.15. The molecule has 0 bridgehead atoms. The van der Waals surface area contributed by atoms with Gasteiger partial charge in [0.25, 0.3) is 0 Å². The number of ether oxygens (including phenoxy) is 3. The molecule has 0 saturated heterocycles. The number of esters is 1. The molecule has 0 unspecified atom stereocenters. The van der Waals surface area contributed by atoms with Crippen molar-refractivity contribution in [2.24, 2.45) is 0 Å². The molecule has 0 atom stereocenters. The molecule has 9 heteroatoms. The summed E-state index contributed by atoms with van der Waals surface area (Å²) in [6, 6.07) is 14.8. The molecule has 0 aliphatic rings. The molecule has 0 saturated carbocycles. The van der Waals surface area contributed by atoms with Gasteiger partial charge in [-0.25, -0.2) is 4.79 Å². The van der Waals surface area contributed by atoms with Crippen LogP contribution in [0.1, 0.15) is 35.7 Å². The van der Waals surface area contributed by atoms with Gasteiger partial charge in [-0.1, -0.05) is 18.2 Å². The summed E-state index contributed by atoms with van der Waals surface area (Å²) in [6.45, 7) is 5.09. The van der Waals surface area contributed by atoms with E-state index in [1.54, 1.807) is 26.2 Å². The summed E-state index contributed by atoms with van der Waals surface area (Å²) in [5, 5.41) is 0. The van der Waals surface area contributed by atoms with Crippen molar-refractivity contribution in [3.8, 4) is 17.0 Å². The van der Waals surface area contributed by atoms with E-state index in [0.29, 0.717) is 43.2 Å². The van der Waals surface area contributed by atoms with E-state index in [9.17, 15) is 18.0 Å². The molecule has 1 heterocycles. The number of pyridine rings is 1. The largest absolute Gasteiger partial charge is 0.482 e. The molecule has 39 heavy (non-hydrogen) atoms. The van der Waals surface area contributed by atoms with Crippen LogP contribution in [-0.2, 0) is 33.3 Å². The second-order valence-corrected chi connectivity index (χ2v) is 9.17. The van der Waals surface area contributed by atoms with Crippen LogP contribution >= 0.6 is 0 Å². The first kappa shape index (κ1) is 30.0. The summed E-state index contributed by atoms with van der Waals surface area (Å²) in [5.74, 6) is 0.228. The van der Waals surface area contributed by atoms with Gasteiger partial charge in [-0.2, -0.15) is 13.2 Å². The number of benzene rings is 2. The minimum Gasteiger partial charge on any atom is -0.482 e. The van der Waals surface area contributed by atoms with Crippen LogP contribution in [0.3, 0.4) is 0 Å². The maximum atomic E-state index is 13.1. The summed E-state index contributed by atoms with van der Waals surface area (Å²) in [7, 11) is 3.65. The Morgan fingerprint density at radius 1 is 1.03 bits per heavy atom. The highest BCUT2D eigenvalue weighted by molar-refractivity contribution is 5.71. The van der Waals surface area contributed by atoms with Gasteiger partial charge in [0, 0.05) is 44.3 Å². The first-order chi connectivity index (χ1) is 18.6. The number of hydrogen-bond donors (Lipinski definition) is 0. The Kier molecular flexibility index (Phi) is 10.7. The number of likely N-dealkylation sites (N-methyl/N-ethyl adjacent to an activating group) is 1. The third-order valence-corrected chi connectivity index (χ3v) is 6.33. The molecule has 0 fully saturated rings. The summed E-state index contributed by atoms with van der Waals surface area (Å²) < 4.78 is 55.2. The van der Waals surface area contributed by atoms with E-state index < -0.39 is 17.7 Å². The molecule has 0 aliphatic carbocycles. The predicted molar refractivity (Wildman–Crippen MR) is 145 cm³/mol. The second kappa shape index (κ2) is 14.0. The highest BCUT2D eigenvalue weighted by atomic mass is 19.4. The zero-order valence-corrected chi connectivity index (χ0v) is 22.8. The van der Waals surface area contributed by atoms with Crippen molar-refractivity contribution >= 4 is 11.7 Å². The van der Waals surface area contributed by atoms with Crippen molar-refractivity contribution in [3.05, 3.63) is 77.0 Å². The van der Waals surface area contributed by atoms with Gasteiger partial charge < -0.3 is 19.1 Å². The Hall–Kier alpha value is -3.59. The van der Waals surface area contributed by atoms with Crippen molar-refractivity contribution in [1.82, 2.24) is 4.98 Å². The van der Waals surface area contributed by atoms with Crippen molar-refractivity contribution < 1.29 is 32.2 Å². The summed E-state index contributed by atoms with van der Waals surface area (Å²) in [4.78, 5) is 18.4. The molecule has 3 rings (SSSR count). The second-order valence-electron chi connectivity index (χ2n) is 9.17. The van der Waals surface area contributed by atoms with E-state index in [0.717, 1.165) is 47.5 Å². The first-order valence-electron chi connectivity index (χ1n) is 12.9. The average Bonchev–Trinajstić information content (AvgIpc) is 2.91. The number of aryl methyl sites for hydroxylation is 2. The molecule has 6 nitrogen and oxygen atoms in total. The van der Waals surface area contributed by atoms with Crippen LogP contribution in [0.5, 0.6) is 5.75 Å². The lowest BCUT2D eigenvalue weighted by atomic mass is 10.0. The van der Waals surface area contributed by atoms with E-state index in [2.05, 4.69) is 16.0 Å². The fourth-order valence-electron chi connectivity index (χ4n) is 4.17. The normalized spacial score (nSPS) is 11.4. The molecule has 3 aromatic rings. The number of alkyl halides is 3. The number of hydrogen-bond acceptors (Lipinski definition) is 6. The number of halogens is 3. The van der Waals surface area contributed by atoms with Crippen molar-refractivity contribution in [2.45, 2.75) is 39.3 Å². The molecule has 0 radical (unpaired) electrons. The van der Waals surface area contributed by atoms with Crippen LogP contribution in [0.2, 0.25) is 0 Å². The summed E-state index contributed by atoms with van der Waals surface area (Å²) in [5.41, 5.74) is 4.02. The minimum absolute atomic E-state index is 0.150. The minimum atomic E-state index is -4.40. The highest BCUT2D eigenvalue weighted by Crippen LogP contribution is 2.32. The molecule has 1 aromatic heterocycles. The molecule has 0 N–H and O–H groups in total. The van der Waals surface area contributed by atoms with Crippen LogP contribution in [-0.4, -0.2) is 51.5 Å². The lowest BCUT2D eigenvalue weighted by molar-refractivity contribution is -0.145. The van der Waals surface area contributed by atoms with Crippen LogP contribution < -0.4 is 9.64 Å². The topological polar surface area (TPSA) is 60.9 Å². The van der Waals surface area contributed by atoms with Gasteiger partial charge in [-0.15, -0.1) is 0 Å². The molecule has 0 amide bonds. The van der Waals surface area contributed by atoms with Crippen molar-refractivity contribution in [3.63, 3.8) is 0 Å². The first-order valence-corrected chi connectivity index (χ1v) is 12.9. The smallest absolute Gasteiger partial charge is 0.416 e. The molecular formula is C30H35F3N2O4. The Balaban J connectivity index is 1.69. The standard InChI is InChI=1S/C30H35F3N2O4/c1-5-38-29(36)20-39-28-14-12-26(19-24(28)9-7-17-37-4)35(3)16-15-22-11-13-27(34-21(22)2)23-8-6-10-25(18-23)30(31,32)33/h6,8,10-14,18-19H,5,7,9,15-17,20H2,1-4H3. The number of anilines is 1. The van der Waals surface area contributed by atoms with Gasteiger partial charge in [0.1, 0.15) is 5.75 Å². The molecular weight excluding hydrogens is 509 g/mol. The Labute approximate surface area is 227 Å². The van der Waals surface area contributed by atoms with Gasteiger partial charge in [0.15, 0.2) is 6.61 Å². The molecule has 0 aliphatic heterocycles. The van der Waals surface area contributed by atoms with E-state index in [4.69, 9.17) is 14.2 Å². The summed E-state index contributed by atoms with van der Waals surface area (Å²) >= 11 is 0. The highest BCUT2D eigenvalue weighted by Gasteiger charge is 2.30. The van der Waals surface area contributed by atoms with E-state index >= 15 is 0 Å². The number of carbonyl (C=O) groups is 1. The fourth-order valence-corrected chi connectivity index (χ4v) is 4.17. The predicted octanol–water partition coefficient (Wildman–Crippen LogP) is 6.28.